The van der Waals surface area contributed by atoms with Crippen LogP contribution in [0.1, 0.15) is 6.92 Å². The Morgan fingerprint density at radius 2 is 1.36 bits per heavy atom. The van der Waals surface area contributed by atoms with Crippen LogP contribution in [0, 0.1) is 0 Å². The number of benzene rings is 2. The lowest BCUT2D eigenvalue weighted by molar-refractivity contribution is -0.274. The summed E-state index contributed by atoms with van der Waals surface area (Å²) >= 11 is 0. The molecule has 0 aliphatic heterocycles. The van der Waals surface area contributed by atoms with Crippen molar-refractivity contribution in [2.75, 3.05) is 0 Å². The fraction of sp³-hybridized carbons (Fsp3) is 0.118. The van der Waals surface area contributed by atoms with Crippen molar-refractivity contribution in [3.63, 3.8) is 0 Å². The third-order valence-corrected chi connectivity index (χ3v) is 2.75. The molecule has 2 aromatic carbocycles. The summed E-state index contributed by atoms with van der Waals surface area (Å²) in [6, 6.07) is 11.2. The van der Waals surface area contributed by atoms with Crippen molar-refractivity contribution in [1.82, 2.24) is 0 Å². The second-order valence-electron chi connectivity index (χ2n) is 4.91. The summed E-state index contributed by atoms with van der Waals surface area (Å²) in [6.45, 7) is 5.02. The van der Waals surface area contributed by atoms with E-state index in [1.165, 1.54) is 31.2 Å². The molecule has 8 heteroatoms. The summed E-state index contributed by atoms with van der Waals surface area (Å²) in [7, 11) is 0. The van der Waals surface area contributed by atoms with Crippen LogP contribution >= 0.6 is 0 Å². The van der Waals surface area contributed by atoms with Crippen molar-refractivity contribution < 1.29 is 27.4 Å². The lowest BCUT2D eigenvalue weighted by Gasteiger charge is -2.08. The van der Waals surface area contributed by atoms with Gasteiger partial charge >= 0.3 is 12.3 Å². The van der Waals surface area contributed by atoms with Crippen LogP contribution in [-0.2, 0) is 4.79 Å². The van der Waals surface area contributed by atoms with Gasteiger partial charge < -0.3 is 9.47 Å². The van der Waals surface area contributed by atoms with Gasteiger partial charge in [-0.2, -0.15) is 10.2 Å². The minimum atomic E-state index is -4.74. The maximum atomic E-state index is 12.1. The monoisotopic (exact) mass is 350 g/mol. The zero-order valence-electron chi connectivity index (χ0n) is 13.1. The fourth-order valence-electron chi connectivity index (χ4n) is 1.60. The van der Waals surface area contributed by atoms with E-state index in [0.29, 0.717) is 17.1 Å². The van der Waals surface area contributed by atoms with Gasteiger partial charge in [-0.1, -0.05) is 6.58 Å². The van der Waals surface area contributed by atoms with Crippen LogP contribution in [0.4, 0.5) is 24.5 Å². The predicted octanol–water partition coefficient (Wildman–Crippen LogP) is 5.48. The van der Waals surface area contributed by atoms with Crippen LogP contribution in [0.5, 0.6) is 11.5 Å². The number of azo groups is 1. The normalized spacial score (nSPS) is 11.4. The van der Waals surface area contributed by atoms with E-state index in [1.54, 1.807) is 12.1 Å². The average molecular weight is 350 g/mol. The maximum Gasteiger partial charge on any atom is 0.573 e. The van der Waals surface area contributed by atoms with Gasteiger partial charge in [0.1, 0.15) is 11.5 Å². The number of alkyl halides is 3. The molecule has 0 saturated heterocycles. The number of esters is 1. The topological polar surface area (TPSA) is 60.2 Å². The lowest BCUT2D eigenvalue weighted by atomic mass is 10.3. The van der Waals surface area contributed by atoms with Crippen LogP contribution in [0.2, 0.25) is 0 Å². The third-order valence-electron chi connectivity index (χ3n) is 2.75. The van der Waals surface area contributed by atoms with Gasteiger partial charge in [-0.3, -0.25) is 0 Å². The molecule has 0 aromatic heterocycles. The highest BCUT2D eigenvalue weighted by Gasteiger charge is 2.30. The molecule has 0 unspecified atom stereocenters. The van der Waals surface area contributed by atoms with Crippen molar-refractivity contribution in [2.45, 2.75) is 13.3 Å². The van der Waals surface area contributed by atoms with Crippen LogP contribution in [0.15, 0.2) is 70.9 Å². The summed E-state index contributed by atoms with van der Waals surface area (Å²) in [4.78, 5) is 11.4. The SMILES string of the molecule is C=C(C)C(=O)Oc1ccc(N=Nc2ccc(OC(F)(F)F)cc2)cc1. The van der Waals surface area contributed by atoms with Crippen molar-refractivity contribution in [3.8, 4) is 11.5 Å². The van der Waals surface area contributed by atoms with Gasteiger partial charge in [0.2, 0.25) is 0 Å². The second kappa shape index (κ2) is 7.61. The van der Waals surface area contributed by atoms with Crippen molar-refractivity contribution in [1.29, 1.82) is 0 Å². The van der Waals surface area contributed by atoms with Gasteiger partial charge in [0.15, 0.2) is 0 Å². The molecule has 25 heavy (non-hydrogen) atoms. The number of hydrogen-bond donors (Lipinski definition) is 0. The molecule has 0 bridgehead atoms. The Labute approximate surface area is 141 Å². The molecular formula is C17H13F3N2O3. The molecule has 2 rings (SSSR count). The molecule has 0 fully saturated rings. The molecule has 0 heterocycles. The van der Waals surface area contributed by atoms with Crippen molar-refractivity contribution in [2.24, 2.45) is 10.2 Å². The number of carbonyl (C=O) groups excluding carboxylic acids is 1. The molecule has 0 radical (unpaired) electrons. The minimum Gasteiger partial charge on any atom is -0.423 e. The van der Waals surface area contributed by atoms with Gasteiger partial charge in [-0.05, 0) is 55.5 Å². The summed E-state index contributed by atoms with van der Waals surface area (Å²) in [5.41, 5.74) is 1.11. The van der Waals surface area contributed by atoms with Crippen molar-refractivity contribution >= 4 is 17.3 Å². The second-order valence-corrected chi connectivity index (χ2v) is 4.91. The van der Waals surface area contributed by atoms with Gasteiger partial charge in [-0.15, -0.1) is 13.2 Å². The Kier molecular flexibility index (Phi) is 5.53. The Morgan fingerprint density at radius 3 is 1.76 bits per heavy atom. The Hall–Kier alpha value is -3.16. The average Bonchev–Trinajstić information content (AvgIpc) is 2.54. The van der Waals surface area contributed by atoms with Crippen LogP contribution in [0.3, 0.4) is 0 Å². The summed E-state index contributed by atoms with van der Waals surface area (Å²) < 4.78 is 45.0. The van der Waals surface area contributed by atoms with E-state index in [9.17, 15) is 18.0 Å². The molecule has 0 N–H and O–H groups in total. The zero-order chi connectivity index (χ0) is 18.4. The Morgan fingerprint density at radius 1 is 0.920 bits per heavy atom. The van der Waals surface area contributed by atoms with Gasteiger partial charge in [0, 0.05) is 5.57 Å². The van der Waals surface area contributed by atoms with Gasteiger partial charge in [-0.25, -0.2) is 4.79 Å². The Bertz CT molecular complexity index is 782. The molecule has 0 aliphatic carbocycles. The zero-order valence-corrected chi connectivity index (χ0v) is 13.1. The largest absolute Gasteiger partial charge is 0.573 e. The molecule has 0 atom stereocenters. The van der Waals surface area contributed by atoms with Crippen LogP contribution < -0.4 is 9.47 Å². The molecule has 0 saturated carbocycles. The molecule has 2 aromatic rings. The summed E-state index contributed by atoms with van der Waals surface area (Å²) in [6.07, 6.45) is -4.74. The van der Waals surface area contributed by atoms with Gasteiger partial charge in [0.05, 0.1) is 11.4 Å². The van der Waals surface area contributed by atoms with E-state index in [1.807, 2.05) is 0 Å². The summed E-state index contributed by atoms with van der Waals surface area (Å²) in [5.74, 6) is -0.536. The summed E-state index contributed by atoms with van der Waals surface area (Å²) in [5, 5.41) is 7.84. The van der Waals surface area contributed by atoms with Crippen LogP contribution in [-0.4, -0.2) is 12.3 Å². The quantitative estimate of drug-likeness (QED) is 0.310. The highest BCUT2D eigenvalue weighted by molar-refractivity contribution is 5.88. The highest BCUT2D eigenvalue weighted by atomic mass is 19.4. The predicted molar refractivity (Wildman–Crippen MR) is 84.2 cm³/mol. The first-order valence-electron chi connectivity index (χ1n) is 6.98. The van der Waals surface area contributed by atoms with Crippen LogP contribution in [0.25, 0.3) is 0 Å². The Balaban J connectivity index is 1.99. The standard InChI is InChI=1S/C17H13F3N2O3/c1-11(2)16(23)24-14-7-3-12(4-8-14)21-22-13-5-9-15(10-6-13)25-17(18,19)20/h3-10H,1H2,2H3. The highest BCUT2D eigenvalue weighted by Crippen LogP contribution is 2.26. The first-order valence-corrected chi connectivity index (χ1v) is 6.98. The van der Waals surface area contributed by atoms with E-state index < -0.39 is 12.3 Å². The van der Waals surface area contributed by atoms with E-state index >= 15 is 0 Å². The fourth-order valence-corrected chi connectivity index (χ4v) is 1.60. The number of carbonyl (C=O) groups is 1. The molecule has 130 valence electrons. The van der Waals surface area contributed by atoms with Gasteiger partial charge in [0.25, 0.3) is 0 Å². The minimum absolute atomic E-state index is 0.279. The smallest absolute Gasteiger partial charge is 0.423 e. The number of ether oxygens (including phenoxy) is 2. The number of rotatable bonds is 5. The first-order chi connectivity index (χ1) is 11.7. The van der Waals surface area contributed by atoms with E-state index in [-0.39, 0.29) is 11.3 Å². The third kappa shape index (κ3) is 6.09. The van der Waals surface area contributed by atoms with E-state index in [0.717, 1.165) is 12.1 Å². The molecule has 0 aliphatic rings. The molecule has 0 amide bonds. The molecule has 0 spiro atoms. The first kappa shape index (κ1) is 18.2. The number of hydrogen-bond acceptors (Lipinski definition) is 5. The number of nitrogens with zero attached hydrogens (tertiary/aromatic N) is 2. The molecular weight excluding hydrogens is 337 g/mol. The van der Waals surface area contributed by atoms with Crippen molar-refractivity contribution in [3.05, 3.63) is 60.7 Å². The molecule has 5 nitrogen and oxygen atoms in total. The number of halogens is 3. The van der Waals surface area contributed by atoms with E-state index in [4.69, 9.17) is 4.74 Å². The van der Waals surface area contributed by atoms with E-state index in [2.05, 4.69) is 21.5 Å². The lowest BCUT2D eigenvalue weighted by Crippen LogP contribution is -2.16. The maximum absolute atomic E-state index is 12.1.